The van der Waals surface area contributed by atoms with Crippen LogP contribution in [0.5, 0.6) is 0 Å². The molecule has 0 radical (unpaired) electrons. The van der Waals surface area contributed by atoms with E-state index in [2.05, 4.69) is 29.6 Å². The lowest BCUT2D eigenvalue weighted by Gasteiger charge is -2.35. The molecule has 1 heterocycles. The maximum atomic E-state index is 11.5. The van der Waals surface area contributed by atoms with Crippen LogP contribution < -0.4 is 5.32 Å². The molecule has 1 unspecified atom stereocenters. The molecule has 3 rings (SSSR count). The van der Waals surface area contributed by atoms with E-state index in [1.54, 1.807) is 6.92 Å². The van der Waals surface area contributed by atoms with Crippen LogP contribution in [0.1, 0.15) is 41.4 Å². The van der Waals surface area contributed by atoms with Gasteiger partial charge in [-0.2, -0.15) is 0 Å². The van der Waals surface area contributed by atoms with Gasteiger partial charge < -0.3 is 5.32 Å². The molecule has 2 nitrogen and oxygen atoms in total. The number of carbonyl (C=O) groups is 1. The Morgan fingerprint density at radius 3 is 1.71 bits per heavy atom. The van der Waals surface area contributed by atoms with E-state index in [0.29, 0.717) is 10.5 Å². The van der Waals surface area contributed by atoms with Gasteiger partial charge in [-0.25, -0.2) is 0 Å². The van der Waals surface area contributed by atoms with Crippen molar-refractivity contribution < 1.29 is 4.79 Å². The fraction of sp³-hybridized carbons (Fsp3) is 0.316. The Bertz CT molecular complexity index is 649. The quantitative estimate of drug-likeness (QED) is 0.728. The maximum absolute atomic E-state index is 11.5. The molecule has 0 bridgehead atoms. The van der Waals surface area contributed by atoms with Gasteiger partial charge >= 0.3 is 0 Å². The van der Waals surface area contributed by atoms with Gasteiger partial charge in [0.25, 0.3) is 0 Å². The Labute approximate surface area is 156 Å². The van der Waals surface area contributed by atoms with Gasteiger partial charge in [-0.05, 0) is 48.2 Å². The number of thioether (sulfide) groups is 1. The first-order chi connectivity index (χ1) is 11.5. The minimum atomic E-state index is 0.0246. The number of carbonyl (C=O) groups excluding carboxylic acids is 1. The van der Waals surface area contributed by atoms with E-state index in [1.807, 2.05) is 36.0 Å². The number of amides is 1. The second-order valence-corrected chi connectivity index (χ2v) is 8.37. The molecule has 126 valence electrons. The third-order valence-electron chi connectivity index (χ3n) is 4.22. The molecule has 2 aromatic carbocycles. The average molecular weight is 380 g/mol. The first-order valence-corrected chi connectivity index (χ1v) is 9.64. The van der Waals surface area contributed by atoms with Crippen LogP contribution in [0.2, 0.25) is 10.0 Å². The molecule has 3 atom stereocenters. The Morgan fingerprint density at radius 1 is 0.917 bits per heavy atom. The molecule has 1 saturated heterocycles. The summed E-state index contributed by atoms with van der Waals surface area (Å²) in [7, 11) is 0. The number of nitrogens with one attached hydrogen (secondary N) is 1. The molecule has 0 saturated carbocycles. The van der Waals surface area contributed by atoms with E-state index >= 15 is 0 Å². The van der Waals surface area contributed by atoms with Crippen LogP contribution in [-0.4, -0.2) is 11.9 Å². The van der Waals surface area contributed by atoms with Gasteiger partial charge in [-0.3, -0.25) is 4.79 Å². The van der Waals surface area contributed by atoms with Gasteiger partial charge in [0.15, 0.2) is 0 Å². The summed E-state index contributed by atoms with van der Waals surface area (Å²) in [5.41, 5.74) is 2.50. The molecule has 2 aromatic rings. The van der Waals surface area contributed by atoms with Gasteiger partial charge in [-0.15, -0.1) is 11.8 Å². The van der Waals surface area contributed by atoms with Crippen LogP contribution in [-0.2, 0) is 4.79 Å². The maximum Gasteiger partial charge on any atom is 0.217 e. The summed E-state index contributed by atoms with van der Waals surface area (Å²) >= 11 is 14.0. The fourth-order valence-corrected chi connectivity index (χ4v) is 5.08. The minimum Gasteiger partial charge on any atom is -0.354 e. The van der Waals surface area contributed by atoms with Crippen LogP contribution in [0.3, 0.4) is 0 Å². The minimum absolute atomic E-state index is 0.0246. The molecule has 1 N–H and O–H groups in total. The molecule has 1 amide bonds. The molecule has 1 aliphatic heterocycles. The smallest absolute Gasteiger partial charge is 0.217 e. The third-order valence-corrected chi connectivity index (χ3v) is 6.31. The normalized spacial score (nSPS) is 23.7. The lowest BCUT2D eigenvalue weighted by molar-refractivity contribution is -0.119. The number of hydrogen-bond acceptors (Lipinski definition) is 2. The first-order valence-electron chi connectivity index (χ1n) is 7.95. The van der Waals surface area contributed by atoms with Crippen molar-refractivity contribution in [3.8, 4) is 0 Å². The Balaban J connectivity index is 1.84. The second-order valence-electron chi connectivity index (χ2n) is 6.09. The van der Waals surface area contributed by atoms with Crippen molar-refractivity contribution in [3.63, 3.8) is 0 Å². The summed E-state index contributed by atoms with van der Waals surface area (Å²) in [4.78, 5) is 11.5. The summed E-state index contributed by atoms with van der Waals surface area (Å²) in [6.07, 6.45) is 1.85. The zero-order valence-electron chi connectivity index (χ0n) is 13.3. The zero-order chi connectivity index (χ0) is 17.1. The van der Waals surface area contributed by atoms with E-state index in [1.165, 1.54) is 11.1 Å². The van der Waals surface area contributed by atoms with Crippen LogP contribution in [0.4, 0.5) is 0 Å². The highest BCUT2D eigenvalue weighted by atomic mass is 35.5. The monoisotopic (exact) mass is 379 g/mol. The molecule has 1 fully saturated rings. The van der Waals surface area contributed by atoms with E-state index in [-0.39, 0.29) is 11.9 Å². The topological polar surface area (TPSA) is 29.1 Å². The van der Waals surface area contributed by atoms with Crippen LogP contribution in [0.15, 0.2) is 48.5 Å². The fourth-order valence-electron chi connectivity index (χ4n) is 3.11. The predicted molar refractivity (Wildman–Crippen MR) is 103 cm³/mol. The Hall–Kier alpha value is -1.16. The molecular formula is C19H19Cl2NOS. The Kier molecular flexibility index (Phi) is 5.75. The van der Waals surface area contributed by atoms with Crippen LogP contribution in [0, 0.1) is 0 Å². The van der Waals surface area contributed by atoms with E-state index < -0.39 is 0 Å². The standard InChI is InChI=1S/C19H19Cl2NOS/c1-12(23)22-17-10-18(13-2-6-15(20)7-3-13)24-19(11-17)14-4-8-16(21)9-5-14/h2-9,17-19H,10-11H2,1H3,(H,22,23)/t17?,18-,19+. The van der Waals surface area contributed by atoms with Gasteiger partial charge in [0.05, 0.1) is 0 Å². The van der Waals surface area contributed by atoms with Gasteiger partial charge in [0.2, 0.25) is 5.91 Å². The average Bonchev–Trinajstić information content (AvgIpc) is 2.55. The lowest BCUT2D eigenvalue weighted by Crippen LogP contribution is -2.37. The Morgan fingerprint density at radius 2 is 1.33 bits per heavy atom. The van der Waals surface area contributed by atoms with Gasteiger partial charge in [0, 0.05) is 33.5 Å². The largest absolute Gasteiger partial charge is 0.354 e. The highest BCUT2D eigenvalue weighted by molar-refractivity contribution is 7.99. The molecule has 24 heavy (non-hydrogen) atoms. The predicted octanol–water partition coefficient (Wildman–Crippen LogP) is 5.81. The lowest BCUT2D eigenvalue weighted by atomic mass is 9.97. The van der Waals surface area contributed by atoms with Gasteiger partial charge in [0.1, 0.15) is 0 Å². The molecular weight excluding hydrogens is 361 g/mol. The summed E-state index contributed by atoms with van der Waals surface area (Å²) in [5.74, 6) is 0.0246. The molecule has 0 aliphatic carbocycles. The molecule has 0 aromatic heterocycles. The highest BCUT2D eigenvalue weighted by Crippen LogP contribution is 2.50. The molecule has 1 aliphatic rings. The summed E-state index contributed by atoms with van der Waals surface area (Å²) < 4.78 is 0. The van der Waals surface area contributed by atoms with E-state index in [0.717, 1.165) is 22.9 Å². The van der Waals surface area contributed by atoms with Crippen molar-refractivity contribution in [2.45, 2.75) is 36.3 Å². The number of hydrogen-bond donors (Lipinski definition) is 1. The second kappa shape index (κ2) is 7.81. The number of benzene rings is 2. The van der Waals surface area contributed by atoms with Crippen LogP contribution >= 0.6 is 35.0 Å². The van der Waals surface area contributed by atoms with Crippen molar-refractivity contribution in [2.75, 3.05) is 0 Å². The van der Waals surface area contributed by atoms with Crippen molar-refractivity contribution in [1.82, 2.24) is 5.32 Å². The summed E-state index contributed by atoms with van der Waals surface area (Å²) in [5, 5.41) is 5.24. The summed E-state index contributed by atoms with van der Waals surface area (Å²) in [6, 6.07) is 16.2. The first kappa shape index (κ1) is 17.7. The van der Waals surface area contributed by atoms with Crippen LogP contribution in [0.25, 0.3) is 0 Å². The van der Waals surface area contributed by atoms with Crippen molar-refractivity contribution in [2.24, 2.45) is 0 Å². The SMILES string of the molecule is CC(=O)NC1C[C@@H](c2ccc(Cl)cc2)S[C@@H](c2ccc(Cl)cc2)C1. The highest BCUT2D eigenvalue weighted by Gasteiger charge is 2.31. The van der Waals surface area contributed by atoms with Gasteiger partial charge in [-0.1, -0.05) is 47.5 Å². The molecule has 5 heteroatoms. The van der Waals surface area contributed by atoms with Crippen molar-refractivity contribution in [1.29, 1.82) is 0 Å². The number of rotatable bonds is 3. The van der Waals surface area contributed by atoms with Crippen molar-refractivity contribution in [3.05, 3.63) is 69.7 Å². The van der Waals surface area contributed by atoms with E-state index in [9.17, 15) is 4.79 Å². The zero-order valence-corrected chi connectivity index (χ0v) is 15.7. The van der Waals surface area contributed by atoms with E-state index in [4.69, 9.17) is 23.2 Å². The third kappa shape index (κ3) is 4.47. The van der Waals surface area contributed by atoms with Crippen molar-refractivity contribution >= 4 is 40.9 Å². The number of halogens is 2. The summed E-state index contributed by atoms with van der Waals surface area (Å²) in [6.45, 7) is 1.58. The molecule has 0 spiro atoms.